The van der Waals surface area contributed by atoms with Crippen molar-refractivity contribution in [1.29, 1.82) is 0 Å². The first kappa shape index (κ1) is 12.6. The summed E-state index contributed by atoms with van der Waals surface area (Å²) in [5.74, 6) is 0. The molecule has 0 atom stereocenters. The van der Waals surface area contributed by atoms with Gasteiger partial charge in [0, 0.05) is 0 Å². The molecule has 1 aliphatic rings. The van der Waals surface area contributed by atoms with Crippen molar-refractivity contribution >= 4 is 26.3 Å². The van der Waals surface area contributed by atoms with Gasteiger partial charge in [0.1, 0.15) is 0 Å². The molecular weight excluding hydrogens is 302 g/mol. The normalized spacial score (nSPS) is 19.0. The molecule has 1 aliphatic heterocycles. The zero-order chi connectivity index (χ0) is 11.0. The summed E-state index contributed by atoms with van der Waals surface area (Å²) in [7, 11) is 0. The Morgan fingerprint density at radius 2 is 1.00 bits per heavy atom. The second-order valence-electron chi connectivity index (χ2n) is 5.73. The van der Waals surface area contributed by atoms with Gasteiger partial charge in [-0.1, -0.05) is 0 Å². The Labute approximate surface area is 99.5 Å². The zero-order valence-corrected chi connectivity index (χ0v) is 13.4. The fourth-order valence-corrected chi connectivity index (χ4v) is 11.6. The molecule has 1 rings (SSSR count). The summed E-state index contributed by atoms with van der Waals surface area (Å²) in [6.07, 6.45) is 4.76. The summed E-state index contributed by atoms with van der Waals surface area (Å²) in [6.45, 7) is 14.0. The molecule has 0 saturated carbocycles. The molecule has 14 heavy (non-hydrogen) atoms. The number of rotatable bonds is 0. The van der Waals surface area contributed by atoms with E-state index >= 15 is 0 Å². The number of allylic oxidation sites excluding steroid dienone is 4. The van der Waals surface area contributed by atoms with Crippen molar-refractivity contribution in [2.24, 2.45) is 10.8 Å². The van der Waals surface area contributed by atoms with Crippen LogP contribution in [0.2, 0.25) is 0 Å². The molecule has 0 N–H and O–H groups in total. The predicted octanol–water partition coefficient (Wildman–Crippen LogP) is 3.18. The van der Waals surface area contributed by atoms with E-state index in [1.54, 1.807) is 8.94 Å². The van der Waals surface area contributed by atoms with Crippen LogP contribution < -0.4 is 0 Å². The third-order valence-electron chi connectivity index (χ3n) is 2.09. The average molecular weight is 322 g/mol. The van der Waals surface area contributed by atoms with Crippen LogP contribution in [0.4, 0.5) is 0 Å². The molecule has 0 nitrogen and oxygen atoms in total. The molecule has 0 aromatic heterocycles. The Balaban J connectivity index is 2.85. The van der Waals surface area contributed by atoms with Crippen molar-refractivity contribution in [2.75, 3.05) is 0 Å². The standard InChI is InChI=1S/C12H20Se2/c1-11(2,3)9-7-8-10(14-13-9)12(4,5)6/h7-8H,1-6H3. The van der Waals surface area contributed by atoms with E-state index < -0.39 is 0 Å². The fraction of sp³-hybridized carbons (Fsp3) is 0.667. The molecule has 0 aromatic rings. The van der Waals surface area contributed by atoms with Gasteiger partial charge in [0.2, 0.25) is 0 Å². The molecule has 80 valence electrons. The van der Waals surface area contributed by atoms with Gasteiger partial charge >= 0.3 is 99.7 Å². The predicted molar refractivity (Wildman–Crippen MR) is 66.6 cm³/mol. The van der Waals surface area contributed by atoms with Crippen molar-refractivity contribution < 1.29 is 0 Å². The first-order valence-electron chi connectivity index (χ1n) is 4.99. The third kappa shape index (κ3) is 3.28. The van der Waals surface area contributed by atoms with Gasteiger partial charge in [0.25, 0.3) is 0 Å². The van der Waals surface area contributed by atoms with E-state index in [4.69, 9.17) is 0 Å². The first-order valence-corrected chi connectivity index (χ1v) is 11.0. The topological polar surface area (TPSA) is 0 Å². The Kier molecular flexibility index (Phi) is 3.76. The summed E-state index contributed by atoms with van der Waals surface area (Å²) >= 11 is 1.48. The van der Waals surface area contributed by atoms with Crippen LogP contribution in [0.25, 0.3) is 0 Å². The molecule has 0 unspecified atom stereocenters. The van der Waals surface area contributed by atoms with Crippen LogP contribution in [0.15, 0.2) is 21.1 Å². The molecule has 0 aromatic carbocycles. The minimum atomic E-state index is 0.391. The van der Waals surface area contributed by atoms with Crippen molar-refractivity contribution in [3.8, 4) is 0 Å². The van der Waals surface area contributed by atoms with Crippen molar-refractivity contribution in [1.82, 2.24) is 0 Å². The molecule has 0 spiro atoms. The summed E-state index contributed by atoms with van der Waals surface area (Å²) in [5, 5.41) is 0. The van der Waals surface area contributed by atoms with Gasteiger partial charge in [0.15, 0.2) is 0 Å². The molecule has 0 radical (unpaired) electrons. The Hall–Kier alpha value is 0.519. The van der Waals surface area contributed by atoms with Gasteiger partial charge in [-0.3, -0.25) is 0 Å². The monoisotopic (exact) mass is 324 g/mol. The fourth-order valence-electron chi connectivity index (χ4n) is 1.05. The Morgan fingerprint density at radius 3 is 1.14 bits per heavy atom. The molecule has 0 aliphatic carbocycles. The first-order chi connectivity index (χ1) is 6.21. The Bertz CT molecular complexity index is 242. The van der Waals surface area contributed by atoms with Crippen LogP contribution in [-0.2, 0) is 0 Å². The molecule has 1 heterocycles. The van der Waals surface area contributed by atoms with Crippen LogP contribution >= 0.6 is 0 Å². The van der Waals surface area contributed by atoms with Crippen LogP contribution in [0, 0.1) is 10.8 Å². The van der Waals surface area contributed by atoms with Crippen LogP contribution in [0.3, 0.4) is 0 Å². The van der Waals surface area contributed by atoms with Gasteiger partial charge in [-0.25, -0.2) is 0 Å². The molecule has 0 bridgehead atoms. The SMILES string of the molecule is CC(C)(C)C1=CC=C(C(C)(C)C)[Se][Se]1. The average Bonchev–Trinajstić information content (AvgIpc) is 2.01. The third-order valence-corrected chi connectivity index (χ3v) is 11.0. The van der Waals surface area contributed by atoms with E-state index in [1.165, 1.54) is 0 Å². The number of hydrogen-bond donors (Lipinski definition) is 0. The quantitative estimate of drug-likeness (QED) is 0.601. The van der Waals surface area contributed by atoms with E-state index in [0.29, 0.717) is 10.8 Å². The van der Waals surface area contributed by atoms with Crippen molar-refractivity contribution in [2.45, 2.75) is 41.5 Å². The molecule has 0 fully saturated rings. The Morgan fingerprint density at radius 1 is 0.714 bits per heavy atom. The van der Waals surface area contributed by atoms with Gasteiger partial charge in [-0.2, -0.15) is 0 Å². The molecule has 0 saturated heterocycles. The van der Waals surface area contributed by atoms with Crippen LogP contribution in [-0.4, -0.2) is 26.3 Å². The van der Waals surface area contributed by atoms with E-state index in [-0.39, 0.29) is 0 Å². The summed E-state index contributed by atoms with van der Waals surface area (Å²) in [4.78, 5) is 0. The second-order valence-corrected chi connectivity index (χ2v) is 11.9. The molecule has 0 amide bonds. The summed E-state index contributed by atoms with van der Waals surface area (Å²) < 4.78 is 3.36. The van der Waals surface area contributed by atoms with E-state index in [9.17, 15) is 0 Å². The second kappa shape index (κ2) is 4.18. The van der Waals surface area contributed by atoms with E-state index in [0.717, 1.165) is 26.3 Å². The minimum absolute atomic E-state index is 0.391. The van der Waals surface area contributed by atoms with E-state index in [1.807, 2.05) is 0 Å². The van der Waals surface area contributed by atoms with Crippen LogP contribution in [0.1, 0.15) is 41.5 Å². The summed E-state index contributed by atoms with van der Waals surface area (Å²) in [6, 6.07) is 0. The van der Waals surface area contributed by atoms with Crippen LogP contribution in [0.5, 0.6) is 0 Å². The van der Waals surface area contributed by atoms with Crippen molar-refractivity contribution in [3.63, 3.8) is 0 Å². The maximum absolute atomic E-state index is 2.38. The summed E-state index contributed by atoms with van der Waals surface area (Å²) in [5.41, 5.74) is 0.781. The maximum atomic E-state index is 2.38. The van der Waals surface area contributed by atoms with E-state index in [2.05, 4.69) is 53.7 Å². The molecular formula is C12H20Se2. The molecule has 2 heteroatoms. The van der Waals surface area contributed by atoms with Crippen molar-refractivity contribution in [3.05, 3.63) is 21.1 Å². The number of hydrogen-bond acceptors (Lipinski definition) is 0. The van der Waals surface area contributed by atoms with Gasteiger partial charge in [-0.15, -0.1) is 0 Å². The zero-order valence-electron chi connectivity index (χ0n) is 9.97. The van der Waals surface area contributed by atoms with Gasteiger partial charge < -0.3 is 0 Å². The van der Waals surface area contributed by atoms with Gasteiger partial charge in [0.05, 0.1) is 0 Å². The van der Waals surface area contributed by atoms with Gasteiger partial charge in [-0.05, 0) is 0 Å².